The average Bonchev–Trinajstić information content (AvgIpc) is 3.33. The minimum Gasteiger partial charge on any atom is -0.485 e. The monoisotopic (exact) mass is 432 g/mol. The fourth-order valence-electron chi connectivity index (χ4n) is 3.54. The summed E-state index contributed by atoms with van der Waals surface area (Å²) >= 11 is 0. The second-order valence-corrected chi connectivity index (χ2v) is 7.81. The lowest BCUT2D eigenvalue weighted by Crippen LogP contribution is -2.55. The van der Waals surface area contributed by atoms with Crippen molar-refractivity contribution in [3.63, 3.8) is 0 Å². The van der Waals surface area contributed by atoms with Crippen LogP contribution in [0.1, 0.15) is 51.9 Å². The van der Waals surface area contributed by atoms with Crippen molar-refractivity contribution in [2.75, 3.05) is 0 Å². The summed E-state index contributed by atoms with van der Waals surface area (Å²) in [5.74, 6) is -1.29. The normalized spacial score (nSPS) is 18.6. The highest BCUT2D eigenvalue weighted by Gasteiger charge is 2.49. The molecule has 0 bridgehead atoms. The molecule has 32 heavy (non-hydrogen) atoms. The molecule has 0 radical (unpaired) electrons. The number of hydrogen-bond acceptors (Lipinski definition) is 7. The molecular weight excluding hydrogens is 412 g/mol. The van der Waals surface area contributed by atoms with Gasteiger partial charge in [0.1, 0.15) is 23.5 Å². The number of carbonyl (C=O) groups is 2. The fraction of sp³-hybridized carbons (Fsp3) is 0.208. The van der Waals surface area contributed by atoms with Gasteiger partial charge in [0.2, 0.25) is 0 Å². The van der Waals surface area contributed by atoms with Crippen molar-refractivity contribution in [1.82, 2.24) is 5.06 Å². The van der Waals surface area contributed by atoms with E-state index >= 15 is 0 Å². The summed E-state index contributed by atoms with van der Waals surface area (Å²) in [4.78, 5) is 31.7. The number of fused-ring (bicyclic) bond motifs is 1. The molecule has 1 aliphatic heterocycles. The summed E-state index contributed by atoms with van der Waals surface area (Å²) in [5, 5.41) is 21.3. The minimum atomic E-state index is -1.30. The predicted molar refractivity (Wildman–Crippen MR) is 111 cm³/mol. The Bertz CT molecular complexity index is 1180. The standard InChI is InChI=1S/C24H20N2O6/c1-24(2)21(27)20(17-13-15(14-25)10-11-18(17)31-24)26(22(28)19-9-6-12-30-19)32-23(29)16-7-4-3-5-8-16/h3-13,20-21,27H,1-2H3/t20-,21+/m0/s1. The third-order valence-corrected chi connectivity index (χ3v) is 5.22. The number of benzene rings is 2. The molecule has 3 aromatic rings. The highest BCUT2D eigenvalue weighted by Crippen LogP contribution is 2.44. The second kappa shape index (κ2) is 8.21. The lowest BCUT2D eigenvalue weighted by atomic mass is 9.85. The largest absolute Gasteiger partial charge is 0.485 e. The van der Waals surface area contributed by atoms with Crippen LogP contribution in [0.3, 0.4) is 0 Å². The zero-order valence-corrected chi connectivity index (χ0v) is 17.4. The van der Waals surface area contributed by atoms with E-state index in [1.807, 2.05) is 6.07 Å². The Morgan fingerprint density at radius 2 is 1.88 bits per heavy atom. The molecule has 0 saturated carbocycles. The first-order valence-electron chi connectivity index (χ1n) is 9.87. The van der Waals surface area contributed by atoms with E-state index in [2.05, 4.69) is 0 Å². The maximum Gasteiger partial charge on any atom is 0.363 e. The topological polar surface area (TPSA) is 113 Å². The first-order chi connectivity index (χ1) is 15.3. The van der Waals surface area contributed by atoms with Crippen LogP contribution in [0.4, 0.5) is 0 Å². The summed E-state index contributed by atoms with van der Waals surface area (Å²) in [6.07, 6.45) is 0.0164. The smallest absolute Gasteiger partial charge is 0.363 e. The van der Waals surface area contributed by atoms with E-state index in [9.17, 15) is 20.0 Å². The van der Waals surface area contributed by atoms with Crippen LogP contribution < -0.4 is 4.74 Å². The zero-order valence-electron chi connectivity index (χ0n) is 17.4. The Kier molecular flexibility index (Phi) is 5.43. The van der Waals surface area contributed by atoms with E-state index in [1.54, 1.807) is 56.3 Å². The number of ether oxygens (including phenoxy) is 1. The van der Waals surface area contributed by atoms with Crippen molar-refractivity contribution in [3.05, 3.63) is 89.4 Å². The van der Waals surface area contributed by atoms with Crippen LogP contribution in [0, 0.1) is 11.3 Å². The highest BCUT2D eigenvalue weighted by atomic mass is 16.7. The number of aliphatic hydroxyl groups excluding tert-OH is 1. The Hall–Kier alpha value is -4.09. The van der Waals surface area contributed by atoms with Gasteiger partial charge in [-0.15, -0.1) is 0 Å². The van der Waals surface area contributed by atoms with Gasteiger partial charge < -0.3 is 19.1 Å². The van der Waals surface area contributed by atoms with Crippen LogP contribution in [0.5, 0.6) is 5.75 Å². The second-order valence-electron chi connectivity index (χ2n) is 7.81. The first kappa shape index (κ1) is 21.2. The fourth-order valence-corrected chi connectivity index (χ4v) is 3.54. The summed E-state index contributed by atoms with van der Waals surface area (Å²) < 4.78 is 11.1. The lowest BCUT2D eigenvalue weighted by Gasteiger charge is -2.44. The molecule has 162 valence electrons. The lowest BCUT2D eigenvalue weighted by molar-refractivity contribution is -0.169. The third kappa shape index (κ3) is 3.82. The van der Waals surface area contributed by atoms with E-state index in [0.29, 0.717) is 16.9 Å². The molecule has 2 aromatic carbocycles. The summed E-state index contributed by atoms with van der Waals surface area (Å²) in [6, 6.07) is 16.6. The van der Waals surface area contributed by atoms with E-state index in [-0.39, 0.29) is 11.3 Å². The molecule has 1 aromatic heterocycles. The van der Waals surface area contributed by atoms with Crippen LogP contribution in [-0.2, 0) is 4.84 Å². The van der Waals surface area contributed by atoms with Gasteiger partial charge >= 0.3 is 11.9 Å². The van der Waals surface area contributed by atoms with Crippen molar-refractivity contribution in [2.45, 2.75) is 31.6 Å². The quantitative estimate of drug-likeness (QED) is 0.629. The Morgan fingerprint density at radius 1 is 1.12 bits per heavy atom. The molecule has 0 fully saturated rings. The van der Waals surface area contributed by atoms with Crippen LogP contribution in [0.2, 0.25) is 0 Å². The number of nitriles is 1. The molecule has 0 spiro atoms. The molecule has 8 heteroatoms. The Balaban J connectivity index is 1.83. The maximum atomic E-state index is 13.3. The zero-order chi connectivity index (χ0) is 22.9. The van der Waals surface area contributed by atoms with Gasteiger partial charge in [-0.25, -0.2) is 4.79 Å². The van der Waals surface area contributed by atoms with Crippen molar-refractivity contribution in [1.29, 1.82) is 5.26 Å². The molecule has 1 amide bonds. The number of nitrogens with zero attached hydrogens (tertiary/aromatic N) is 2. The molecule has 1 aliphatic rings. The minimum absolute atomic E-state index is 0.0830. The Labute approximate surface area is 184 Å². The number of hydroxylamine groups is 2. The van der Waals surface area contributed by atoms with Gasteiger partial charge in [-0.1, -0.05) is 18.2 Å². The first-order valence-corrected chi connectivity index (χ1v) is 9.87. The SMILES string of the molecule is CC1(C)Oc2ccc(C#N)cc2[C@H](N(OC(=O)c2ccccc2)C(=O)c2ccco2)[C@H]1O. The van der Waals surface area contributed by atoms with Crippen molar-refractivity contribution < 1.29 is 28.7 Å². The molecule has 0 unspecified atom stereocenters. The van der Waals surface area contributed by atoms with Gasteiger partial charge in [0.15, 0.2) is 5.76 Å². The van der Waals surface area contributed by atoms with Crippen molar-refractivity contribution in [3.8, 4) is 11.8 Å². The van der Waals surface area contributed by atoms with E-state index < -0.39 is 29.6 Å². The molecule has 2 atom stereocenters. The van der Waals surface area contributed by atoms with Gasteiger partial charge in [0.05, 0.1) is 23.5 Å². The van der Waals surface area contributed by atoms with Crippen LogP contribution in [-0.4, -0.2) is 33.8 Å². The summed E-state index contributed by atoms with van der Waals surface area (Å²) in [5.41, 5.74) is -0.288. The van der Waals surface area contributed by atoms with Crippen LogP contribution >= 0.6 is 0 Å². The van der Waals surface area contributed by atoms with Gasteiger partial charge in [0.25, 0.3) is 0 Å². The van der Waals surface area contributed by atoms with Gasteiger partial charge in [-0.2, -0.15) is 10.3 Å². The molecule has 0 aliphatic carbocycles. The van der Waals surface area contributed by atoms with Crippen LogP contribution in [0.25, 0.3) is 0 Å². The van der Waals surface area contributed by atoms with Crippen LogP contribution in [0.15, 0.2) is 71.3 Å². The highest BCUT2D eigenvalue weighted by molar-refractivity contribution is 5.94. The summed E-state index contributed by atoms with van der Waals surface area (Å²) in [6.45, 7) is 3.31. The van der Waals surface area contributed by atoms with Crippen molar-refractivity contribution >= 4 is 11.9 Å². The number of furan rings is 1. The van der Waals surface area contributed by atoms with Gasteiger partial charge in [-0.05, 0) is 56.3 Å². The van der Waals surface area contributed by atoms with E-state index in [1.165, 1.54) is 24.5 Å². The molecule has 4 rings (SSSR count). The molecule has 8 nitrogen and oxygen atoms in total. The number of rotatable bonds is 3. The molecular formula is C24H20N2O6. The van der Waals surface area contributed by atoms with Crippen molar-refractivity contribution in [2.24, 2.45) is 0 Å². The Morgan fingerprint density at radius 3 is 2.53 bits per heavy atom. The molecule has 0 saturated heterocycles. The number of aliphatic hydroxyl groups is 1. The maximum absolute atomic E-state index is 13.3. The van der Waals surface area contributed by atoms with E-state index in [4.69, 9.17) is 14.0 Å². The number of carbonyl (C=O) groups excluding carboxylic acids is 2. The van der Waals surface area contributed by atoms with E-state index in [0.717, 1.165) is 5.06 Å². The third-order valence-electron chi connectivity index (χ3n) is 5.22. The summed E-state index contributed by atoms with van der Waals surface area (Å²) in [7, 11) is 0. The predicted octanol–water partition coefficient (Wildman–Crippen LogP) is 3.64. The molecule has 1 N–H and O–H groups in total. The van der Waals surface area contributed by atoms with Gasteiger partial charge in [-0.3, -0.25) is 4.79 Å². The number of hydrogen-bond donors (Lipinski definition) is 1. The van der Waals surface area contributed by atoms with Gasteiger partial charge in [0, 0.05) is 5.56 Å². The molecule has 2 heterocycles. The number of amides is 1. The average molecular weight is 432 g/mol.